The van der Waals surface area contributed by atoms with Gasteiger partial charge in [0.25, 0.3) is 0 Å². The molecule has 1 fully saturated rings. The summed E-state index contributed by atoms with van der Waals surface area (Å²) < 4.78 is 0. The lowest BCUT2D eigenvalue weighted by Crippen LogP contribution is -2.44. The van der Waals surface area contributed by atoms with Gasteiger partial charge in [0.05, 0.1) is 6.10 Å². The van der Waals surface area contributed by atoms with Gasteiger partial charge in [0.1, 0.15) is 0 Å². The second kappa shape index (κ2) is 7.85. The first-order chi connectivity index (χ1) is 13.7. The van der Waals surface area contributed by atoms with E-state index in [2.05, 4.69) is 47.6 Å². The Labute approximate surface area is 180 Å². The maximum atomic E-state index is 10.2. The summed E-state index contributed by atoms with van der Waals surface area (Å²) in [6, 6.07) is 0. The topological polar surface area (TPSA) is 20.2 Å². The molecule has 29 heavy (non-hydrogen) atoms. The monoisotopic (exact) mass is 398 g/mol. The summed E-state index contributed by atoms with van der Waals surface area (Å²) in [5, 5.41) is 10.2. The van der Waals surface area contributed by atoms with E-state index in [-0.39, 0.29) is 6.10 Å². The van der Waals surface area contributed by atoms with E-state index in [1.165, 1.54) is 51.4 Å². The van der Waals surface area contributed by atoms with Gasteiger partial charge >= 0.3 is 0 Å². The predicted molar refractivity (Wildman–Crippen MR) is 124 cm³/mol. The molecule has 0 heterocycles. The van der Waals surface area contributed by atoms with Gasteiger partial charge in [-0.2, -0.15) is 0 Å². The summed E-state index contributed by atoms with van der Waals surface area (Å²) in [6.45, 7) is 14.9. The largest absolute Gasteiger partial charge is 0.393 e. The molecule has 164 valence electrons. The van der Waals surface area contributed by atoms with Gasteiger partial charge in [-0.25, -0.2) is 0 Å². The van der Waals surface area contributed by atoms with Crippen LogP contribution in [0.5, 0.6) is 0 Å². The van der Waals surface area contributed by atoms with Gasteiger partial charge in [0.15, 0.2) is 0 Å². The molecule has 4 rings (SSSR count). The fourth-order valence-corrected chi connectivity index (χ4v) is 7.79. The standard InChI is InChI=1S/C28H46O/c1-18(2)19(3)7-8-20(4)24-11-12-25-23-10-9-21-17-22(29)13-15-27(21,5)26(23)14-16-28(24,25)6/h12,18-22,24,29H,7-11,13-17H2,1-6H3/t19-,20+,21?,22?,24+,27-,28+/m0/s1. The number of allylic oxidation sites excluding steroid dienone is 4. The molecule has 0 amide bonds. The van der Waals surface area contributed by atoms with Crippen LogP contribution in [-0.4, -0.2) is 11.2 Å². The fourth-order valence-electron chi connectivity index (χ4n) is 7.79. The Balaban J connectivity index is 1.53. The van der Waals surface area contributed by atoms with Gasteiger partial charge in [-0.15, -0.1) is 0 Å². The smallest absolute Gasteiger partial charge is 0.0543 e. The minimum absolute atomic E-state index is 0.0479. The van der Waals surface area contributed by atoms with E-state index < -0.39 is 0 Å². The normalized spacial score (nSPS) is 41.5. The van der Waals surface area contributed by atoms with Crippen LogP contribution < -0.4 is 0 Å². The third kappa shape index (κ3) is 3.58. The van der Waals surface area contributed by atoms with Crippen molar-refractivity contribution in [2.75, 3.05) is 0 Å². The van der Waals surface area contributed by atoms with Crippen LogP contribution in [0.3, 0.4) is 0 Å². The summed E-state index contributed by atoms with van der Waals surface area (Å²) in [5.41, 5.74) is 6.13. The molecule has 2 unspecified atom stereocenters. The van der Waals surface area contributed by atoms with Crippen molar-refractivity contribution in [3.8, 4) is 0 Å². The summed E-state index contributed by atoms with van der Waals surface area (Å²) in [4.78, 5) is 0. The van der Waals surface area contributed by atoms with E-state index in [1.54, 1.807) is 11.1 Å². The van der Waals surface area contributed by atoms with Crippen molar-refractivity contribution in [3.63, 3.8) is 0 Å². The zero-order valence-electron chi connectivity index (χ0n) is 20.1. The van der Waals surface area contributed by atoms with Gasteiger partial charge in [-0.3, -0.25) is 0 Å². The average Bonchev–Trinajstić information content (AvgIpc) is 3.03. The van der Waals surface area contributed by atoms with E-state index in [0.29, 0.717) is 16.7 Å². The third-order valence-corrected chi connectivity index (χ3v) is 10.4. The highest BCUT2D eigenvalue weighted by molar-refractivity contribution is 5.49. The molecule has 0 aromatic carbocycles. The third-order valence-electron chi connectivity index (χ3n) is 10.4. The first-order valence-corrected chi connectivity index (χ1v) is 12.8. The molecule has 0 saturated heterocycles. The van der Waals surface area contributed by atoms with E-state index in [9.17, 15) is 5.11 Å². The van der Waals surface area contributed by atoms with Gasteiger partial charge in [-0.1, -0.05) is 66.0 Å². The van der Waals surface area contributed by atoms with Crippen LogP contribution in [0, 0.1) is 40.4 Å². The molecular formula is C28H46O. The predicted octanol–water partition coefficient (Wildman–Crippen LogP) is 7.70. The minimum atomic E-state index is -0.0479. The zero-order valence-corrected chi connectivity index (χ0v) is 20.1. The van der Waals surface area contributed by atoms with Gasteiger partial charge in [-0.05, 0) is 103 Å². The van der Waals surface area contributed by atoms with Crippen LogP contribution in [0.15, 0.2) is 22.8 Å². The number of rotatable bonds is 5. The quantitative estimate of drug-likeness (QED) is 0.503. The Morgan fingerprint density at radius 3 is 2.48 bits per heavy atom. The second-order valence-electron chi connectivity index (χ2n) is 12.2. The number of fused-ring (bicyclic) bond motifs is 4. The van der Waals surface area contributed by atoms with Crippen molar-refractivity contribution in [2.45, 2.75) is 112 Å². The molecule has 0 radical (unpaired) electrons. The summed E-state index contributed by atoms with van der Waals surface area (Å²) in [5.74, 6) is 4.03. The number of hydrogen-bond donors (Lipinski definition) is 1. The maximum Gasteiger partial charge on any atom is 0.0543 e. The second-order valence-corrected chi connectivity index (χ2v) is 12.2. The molecule has 1 heteroatoms. The highest BCUT2D eigenvalue weighted by Gasteiger charge is 2.52. The molecule has 1 N–H and O–H groups in total. The number of hydrogen-bond acceptors (Lipinski definition) is 1. The summed E-state index contributed by atoms with van der Waals surface area (Å²) in [6.07, 6.45) is 15.2. The lowest BCUT2D eigenvalue weighted by Gasteiger charge is -2.54. The molecule has 4 aliphatic rings. The Morgan fingerprint density at radius 1 is 1.00 bits per heavy atom. The Hall–Kier alpha value is -0.560. The van der Waals surface area contributed by atoms with E-state index in [4.69, 9.17) is 0 Å². The van der Waals surface area contributed by atoms with Crippen molar-refractivity contribution in [3.05, 3.63) is 22.8 Å². The summed E-state index contributed by atoms with van der Waals surface area (Å²) >= 11 is 0. The fraction of sp³-hybridized carbons (Fsp3) is 0.857. The average molecular weight is 399 g/mol. The van der Waals surface area contributed by atoms with Crippen LogP contribution in [-0.2, 0) is 0 Å². The highest BCUT2D eigenvalue weighted by Crippen LogP contribution is 2.64. The van der Waals surface area contributed by atoms with Crippen molar-refractivity contribution >= 4 is 0 Å². The lowest BCUT2D eigenvalue weighted by molar-refractivity contribution is 0.0225. The molecule has 0 spiro atoms. The zero-order chi connectivity index (χ0) is 21.0. The Bertz CT molecular complexity index is 684. The Kier molecular flexibility index (Phi) is 5.86. The first kappa shape index (κ1) is 21.7. The molecule has 0 bridgehead atoms. The number of aliphatic hydroxyl groups excluding tert-OH is 1. The summed E-state index contributed by atoms with van der Waals surface area (Å²) in [7, 11) is 0. The van der Waals surface area contributed by atoms with Gasteiger partial charge < -0.3 is 5.11 Å². The lowest BCUT2D eigenvalue weighted by atomic mass is 9.51. The molecule has 7 atom stereocenters. The van der Waals surface area contributed by atoms with Crippen LogP contribution >= 0.6 is 0 Å². The minimum Gasteiger partial charge on any atom is -0.393 e. The molecule has 4 aliphatic carbocycles. The molecule has 0 aliphatic heterocycles. The van der Waals surface area contributed by atoms with Gasteiger partial charge in [0.2, 0.25) is 0 Å². The first-order valence-electron chi connectivity index (χ1n) is 12.8. The Morgan fingerprint density at radius 2 is 1.76 bits per heavy atom. The van der Waals surface area contributed by atoms with Crippen molar-refractivity contribution in [2.24, 2.45) is 40.4 Å². The van der Waals surface area contributed by atoms with Crippen LogP contribution in [0.2, 0.25) is 0 Å². The SMILES string of the molecule is CC(C)[C@@H](C)CC[C@@H](C)[C@H]1CC=C2C3=C(CC[C@@]21C)[C@@]1(C)CCC(O)CC1CC3. The highest BCUT2D eigenvalue weighted by atomic mass is 16.3. The molecule has 0 aromatic rings. The molecule has 0 aromatic heterocycles. The van der Waals surface area contributed by atoms with Crippen LogP contribution in [0.1, 0.15) is 106 Å². The molecule has 1 nitrogen and oxygen atoms in total. The number of aliphatic hydroxyl groups is 1. The maximum absolute atomic E-state index is 10.2. The molecule has 1 saturated carbocycles. The van der Waals surface area contributed by atoms with Gasteiger partial charge in [0, 0.05) is 0 Å². The van der Waals surface area contributed by atoms with Crippen molar-refractivity contribution in [1.29, 1.82) is 0 Å². The van der Waals surface area contributed by atoms with E-state index in [1.807, 2.05) is 5.57 Å². The van der Waals surface area contributed by atoms with Crippen molar-refractivity contribution in [1.82, 2.24) is 0 Å². The molecular weight excluding hydrogens is 352 g/mol. The van der Waals surface area contributed by atoms with Crippen LogP contribution in [0.25, 0.3) is 0 Å². The van der Waals surface area contributed by atoms with Crippen molar-refractivity contribution < 1.29 is 5.11 Å². The van der Waals surface area contributed by atoms with E-state index >= 15 is 0 Å². The van der Waals surface area contributed by atoms with Crippen LogP contribution in [0.4, 0.5) is 0 Å². The van der Waals surface area contributed by atoms with E-state index in [0.717, 1.165) is 36.5 Å².